The van der Waals surface area contributed by atoms with Crippen molar-refractivity contribution in [3.63, 3.8) is 0 Å². The van der Waals surface area contributed by atoms with Gasteiger partial charge in [-0.3, -0.25) is 4.79 Å². The summed E-state index contributed by atoms with van der Waals surface area (Å²) in [5.74, 6) is 0.238. The molecule has 0 aliphatic carbocycles. The van der Waals surface area contributed by atoms with Crippen molar-refractivity contribution in [2.75, 3.05) is 0 Å². The van der Waals surface area contributed by atoms with Crippen LogP contribution >= 0.6 is 0 Å². The van der Waals surface area contributed by atoms with Crippen LogP contribution in [0.15, 0.2) is 0 Å². The number of rotatable bonds is 4. The Balaban J connectivity index is 3.93. The van der Waals surface area contributed by atoms with E-state index in [1.807, 2.05) is 26.8 Å². The molecule has 2 unspecified atom stereocenters. The lowest BCUT2D eigenvalue weighted by Crippen LogP contribution is -2.18. The van der Waals surface area contributed by atoms with Crippen LogP contribution in [0.5, 0.6) is 0 Å². The average molecular weight is 153 g/mol. The second-order valence-electron chi connectivity index (χ2n) is 2.97. The third kappa shape index (κ3) is 3.18. The molecule has 0 rings (SSSR count). The Kier molecular flexibility index (Phi) is 4.52. The number of carbonyl (C=O) groups excluding carboxylic acids is 1. The van der Waals surface area contributed by atoms with E-state index in [-0.39, 0.29) is 17.6 Å². The molecule has 2 heteroatoms. The second kappa shape index (κ2) is 4.90. The van der Waals surface area contributed by atoms with Gasteiger partial charge in [0.15, 0.2) is 0 Å². The third-order valence-corrected chi connectivity index (χ3v) is 1.98. The van der Waals surface area contributed by atoms with Gasteiger partial charge in [-0.15, -0.1) is 0 Å². The number of nitriles is 1. The minimum absolute atomic E-state index is 0.0880. The molecule has 0 saturated carbocycles. The fourth-order valence-electron chi connectivity index (χ4n) is 0.924. The predicted octanol–water partition coefficient (Wildman–Crippen LogP) is 2.15. The van der Waals surface area contributed by atoms with E-state index in [9.17, 15) is 4.79 Å². The summed E-state index contributed by atoms with van der Waals surface area (Å²) in [6.45, 7) is 5.72. The highest BCUT2D eigenvalue weighted by atomic mass is 16.1. The van der Waals surface area contributed by atoms with Crippen LogP contribution in [0.1, 0.15) is 33.6 Å². The number of Topliss-reactive ketones (excluding diaryl/α,β-unsaturated/α-hetero) is 1. The molecule has 0 fully saturated rings. The first kappa shape index (κ1) is 10.2. The Labute approximate surface area is 68.2 Å². The predicted molar refractivity (Wildman–Crippen MR) is 43.9 cm³/mol. The van der Waals surface area contributed by atoms with Gasteiger partial charge in [-0.2, -0.15) is 5.26 Å². The summed E-state index contributed by atoms with van der Waals surface area (Å²) in [5, 5.41) is 8.34. The molecule has 0 aliphatic rings. The number of carbonyl (C=O) groups is 1. The van der Waals surface area contributed by atoms with Gasteiger partial charge in [0.2, 0.25) is 0 Å². The van der Waals surface area contributed by atoms with Crippen molar-refractivity contribution in [3.05, 3.63) is 0 Å². The fraction of sp³-hybridized carbons (Fsp3) is 0.778. The number of ketones is 1. The Hall–Kier alpha value is -0.840. The first-order chi connectivity index (χ1) is 5.13. The number of hydrogen-bond acceptors (Lipinski definition) is 2. The van der Waals surface area contributed by atoms with Gasteiger partial charge in [0.25, 0.3) is 0 Å². The zero-order valence-corrected chi connectivity index (χ0v) is 7.42. The molecule has 0 aromatic rings. The standard InChI is InChI=1S/C9H15NO/c1-4-7(2)9(11)8(3)5-6-10/h7-8H,4-5H2,1-3H3. The highest BCUT2D eigenvalue weighted by molar-refractivity contribution is 5.82. The molecule has 62 valence electrons. The van der Waals surface area contributed by atoms with Gasteiger partial charge in [0.05, 0.1) is 6.07 Å². The molecule has 0 heterocycles. The zero-order valence-electron chi connectivity index (χ0n) is 7.42. The Morgan fingerprint density at radius 3 is 2.36 bits per heavy atom. The quantitative estimate of drug-likeness (QED) is 0.621. The van der Waals surface area contributed by atoms with Gasteiger partial charge in [-0.05, 0) is 6.42 Å². The normalized spacial score (nSPS) is 15.1. The minimum Gasteiger partial charge on any atom is -0.299 e. The van der Waals surface area contributed by atoms with Crippen molar-refractivity contribution in [2.24, 2.45) is 11.8 Å². The van der Waals surface area contributed by atoms with Crippen LogP contribution in [0.2, 0.25) is 0 Å². The van der Waals surface area contributed by atoms with E-state index in [4.69, 9.17) is 5.26 Å². The maximum atomic E-state index is 11.3. The van der Waals surface area contributed by atoms with Gasteiger partial charge in [-0.1, -0.05) is 20.8 Å². The van der Waals surface area contributed by atoms with Gasteiger partial charge in [0, 0.05) is 18.3 Å². The second-order valence-corrected chi connectivity index (χ2v) is 2.97. The summed E-state index contributed by atoms with van der Waals surface area (Å²) in [5.41, 5.74) is 0. The van der Waals surface area contributed by atoms with Crippen molar-refractivity contribution < 1.29 is 4.79 Å². The van der Waals surface area contributed by atoms with E-state index >= 15 is 0 Å². The van der Waals surface area contributed by atoms with Crippen molar-refractivity contribution in [2.45, 2.75) is 33.6 Å². The lowest BCUT2D eigenvalue weighted by molar-refractivity contribution is -0.125. The molecule has 0 aliphatic heterocycles. The molecule has 0 aromatic heterocycles. The first-order valence-corrected chi connectivity index (χ1v) is 4.04. The van der Waals surface area contributed by atoms with Gasteiger partial charge >= 0.3 is 0 Å². The van der Waals surface area contributed by atoms with Crippen molar-refractivity contribution in [1.82, 2.24) is 0 Å². The molecule has 11 heavy (non-hydrogen) atoms. The SMILES string of the molecule is CCC(C)C(=O)C(C)CC#N. The maximum Gasteiger partial charge on any atom is 0.139 e. The summed E-state index contributed by atoms with van der Waals surface area (Å²) in [7, 11) is 0. The van der Waals surface area contributed by atoms with E-state index in [0.717, 1.165) is 6.42 Å². The van der Waals surface area contributed by atoms with Crippen molar-refractivity contribution in [3.8, 4) is 6.07 Å². The molecule has 2 atom stereocenters. The molecular formula is C9H15NO. The highest BCUT2D eigenvalue weighted by Crippen LogP contribution is 2.12. The molecule has 0 amide bonds. The highest BCUT2D eigenvalue weighted by Gasteiger charge is 2.17. The van der Waals surface area contributed by atoms with Crippen LogP contribution in [-0.2, 0) is 4.79 Å². The van der Waals surface area contributed by atoms with Crippen LogP contribution in [0.3, 0.4) is 0 Å². The van der Waals surface area contributed by atoms with E-state index in [1.165, 1.54) is 0 Å². The molecule has 0 saturated heterocycles. The van der Waals surface area contributed by atoms with E-state index in [0.29, 0.717) is 6.42 Å². The molecular weight excluding hydrogens is 138 g/mol. The van der Waals surface area contributed by atoms with Crippen molar-refractivity contribution in [1.29, 1.82) is 5.26 Å². The first-order valence-electron chi connectivity index (χ1n) is 4.04. The lowest BCUT2D eigenvalue weighted by atomic mass is 9.92. The zero-order chi connectivity index (χ0) is 8.85. The van der Waals surface area contributed by atoms with E-state index < -0.39 is 0 Å². The largest absolute Gasteiger partial charge is 0.299 e. The minimum atomic E-state index is -0.0880. The fourth-order valence-corrected chi connectivity index (χ4v) is 0.924. The van der Waals surface area contributed by atoms with Crippen LogP contribution in [0, 0.1) is 23.2 Å². The van der Waals surface area contributed by atoms with Gasteiger partial charge < -0.3 is 0 Å². The summed E-state index contributed by atoms with van der Waals surface area (Å²) in [6.07, 6.45) is 1.22. The maximum absolute atomic E-state index is 11.3. The molecule has 0 N–H and O–H groups in total. The van der Waals surface area contributed by atoms with Crippen LogP contribution in [-0.4, -0.2) is 5.78 Å². The Morgan fingerprint density at radius 1 is 1.45 bits per heavy atom. The van der Waals surface area contributed by atoms with Crippen molar-refractivity contribution >= 4 is 5.78 Å². The molecule has 0 radical (unpaired) electrons. The Morgan fingerprint density at radius 2 is 2.00 bits per heavy atom. The number of hydrogen-bond donors (Lipinski definition) is 0. The molecule has 2 nitrogen and oxygen atoms in total. The van der Waals surface area contributed by atoms with E-state index in [1.54, 1.807) is 0 Å². The smallest absolute Gasteiger partial charge is 0.139 e. The van der Waals surface area contributed by atoms with Gasteiger partial charge in [-0.25, -0.2) is 0 Å². The summed E-state index contributed by atoms with van der Waals surface area (Å²) >= 11 is 0. The van der Waals surface area contributed by atoms with Gasteiger partial charge in [0.1, 0.15) is 5.78 Å². The molecule has 0 aromatic carbocycles. The lowest BCUT2D eigenvalue weighted by Gasteiger charge is -2.10. The van der Waals surface area contributed by atoms with Crippen LogP contribution in [0.25, 0.3) is 0 Å². The Bertz CT molecular complexity index is 169. The number of nitrogens with zero attached hydrogens (tertiary/aromatic N) is 1. The summed E-state index contributed by atoms with van der Waals surface area (Å²) in [6, 6.07) is 2.01. The molecule has 0 spiro atoms. The van der Waals surface area contributed by atoms with E-state index in [2.05, 4.69) is 0 Å². The third-order valence-electron chi connectivity index (χ3n) is 1.98. The average Bonchev–Trinajstić information content (AvgIpc) is 2.02. The molecule has 0 bridgehead atoms. The van der Waals surface area contributed by atoms with Crippen LogP contribution < -0.4 is 0 Å². The summed E-state index contributed by atoms with van der Waals surface area (Å²) in [4.78, 5) is 11.3. The monoisotopic (exact) mass is 153 g/mol. The topological polar surface area (TPSA) is 40.9 Å². The summed E-state index contributed by atoms with van der Waals surface area (Å²) < 4.78 is 0. The van der Waals surface area contributed by atoms with Crippen LogP contribution in [0.4, 0.5) is 0 Å².